The zero-order valence-corrected chi connectivity index (χ0v) is 9.51. The lowest BCUT2D eigenvalue weighted by Gasteiger charge is -2.01. The number of halogens is 3. The Morgan fingerprint density at radius 2 is 2.07 bits per heavy atom. The zero-order chi connectivity index (χ0) is 11.6. The van der Waals surface area contributed by atoms with Crippen LogP contribution in [0.3, 0.4) is 0 Å². The predicted octanol–water partition coefficient (Wildman–Crippen LogP) is 2.64. The van der Waals surface area contributed by atoms with Crippen molar-refractivity contribution in [2.45, 2.75) is 12.4 Å². The van der Waals surface area contributed by atoms with Gasteiger partial charge in [0.15, 0.2) is 5.15 Å². The van der Waals surface area contributed by atoms with E-state index >= 15 is 0 Å². The number of alkyl halides is 1. The molecule has 0 radical (unpaired) electrons. The fraction of sp³-hybridized carbons (Fsp3) is 0.286. The second-order valence-corrected chi connectivity index (χ2v) is 3.55. The predicted molar refractivity (Wildman–Crippen MR) is 56.7 cm³/mol. The topological polar surface area (TPSA) is 65.1 Å². The Morgan fingerprint density at radius 3 is 2.47 bits per heavy atom. The van der Waals surface area contributed by atoms with Gasteiger partial charge in [-0.1, -0.05) is 23.2 Å². The summed E-state index contributed by atoms with van der Waals surface area (Å²) in [5, 5.41) is 10.3. The van der Waals surface area contributed by atoms with Crippen molar-refractivity contribution in [1.82, 2.24) is 4.57 Å². The smallest absolute Gasteiger partial charge is 0.314 e. The van der Waals surface area contributed by atoms with E-state index in [0.717, 1.165) is 0 Å². The number of carbonyl (C=O) groups excluding carboxylic acids is 1. The standard InChI is InChI=1S/C7H5Cl3N2O3/c8-3-11-4(1-2-13)5(9)6(7(11)10)12(14)15/h2H,1,3H2. The lowest BCUT2D eigenvalue weighted by Crippen LogP contribution is -2.00. The van der Waals surface area contributed by atoms with E-state index in [0.29, 0.717) is 6.29 Å². The number of aromatic nitrogens is 1. The van der Waals surface area contributed by atoms with Crippen LogP contribution in [0.1, 0.15) is 5.69 Å². The van der Waals surface area contributed by atoms with Gasteiger partial charge in [0.2, 0.25) is 0 Å². The largest absolute Gasteiger partial charge is 0.324 e. The minimum atomic E-state index is -0.706. The number of nitrogens with zero attached hydrogens (tertiary/aromatic N) is 2. The molecule has 0 aliphatic heterocycles. The normalized spacial score (nSPS) is 10.3. The van der Waals surface area contributed by atoms with Crippen LogP contribution in [0.15, 0.2) is 0 Å². The maximum Gasteiger partial charge on any atom is 0.324 e. The summed E-state index contributed by atoms with van der Waals surface area (Å²) in [7, 11) is 0. The average molecular weight is 271 g/mol. The third-order valence-electron chi connectivity index (χ3n) is 1.80. The molecule has 0 aliphatic carbocycles. The molecule has 0 saturated carbocycles. The van der Waals surface area contributed by atoms with Crippen LogP contribution in [0.25, 0.3) is 0 Å². The van der Waals surface area contributed by atoms with E-state index in [-0.39, 0.29) is 28.3 Å². The Labute approximate surface area is 99.7 Å². The first-order valence-electron chi connectivity index (χ1n) is 3.74. The molecule has 1 rings (SSSR count). The summed E-state index contributed by atoms with van der Waals surface area (Å²) in [5.41, 5.74) is -0.172. The highest BCUT2D eigenvalue weighted by atomic mass is 35.5. The third-order valence-corrected chi connectivity index (χ3v) is 2.82. The minimum Gasteiger partial charge on any atom is -0.314 e. The van der Waals surface area contributed by atoms with Crippen molar-refractivity contribution in [1.29, 1.82) is 0 Å². The summed E-state index contributed by atoms with van der Waals surface area (Å²) < 4.78 is 1.22. The van der Waals surface area contributed by atoms with Crippen LogP contribution in [-0.4, -0.2) is 15.8 Å². The molecule has 0 saturated heterocycles. The molecule has 8 heteroatoms. The molecule has 15 heavy (non-hydrogen) atoms. The fourth-order valence-corrected chi connectivity index (χ4v) is 2.19. The van der Waals surface area contributed by atoms with Gasteiger partial charge in [-0.15, -0.1) is 11.6 Å². The Kier molecular flexibility index (Phi) is 3.96. The van der Waals surface area contributed by atoms with Crippen LogP contribution in [0.2, 0.25) is 10.2 Å². The molecule has 0 atom stereocenters. The molecule has 0 aliphatic rings. The molecule has 82 valence electrons. The quantitative estimate of drug-likeness (QED) is 0.366. The van der Waals surface area contributed by atoms with Gasteiger partial charge in [-0.25, -0.2) is 0 Å². The van der Waals surface area contributed by atoms with Crippen molar-refractivity contribution in [2.75, 3.05) is 0 Å². The number of hydrogen-bond acceptors (Lipinski definition) is 3. The molecule has 0 bridgehead atoms. The number of hydrogen-bond donors (Lipinski definition) is 0. The van der Waals surface area contributed by atoms with Gasteiger partial charge in [0.1, 0.15) is 11.3 Å². The van der Waals surface area contributed by atoms with Gasteiger partial charge in [0.05, 0.1) is 16.6 Å². The molecule has 1 heterocycles. The van der Waals surface area contributed by atoms with Gasteiger partial charge in [0, 0.05) is 6.42 Å². The molecule has 0 aromatic carbocycles. The molecule has 1 aromatic rings. The minimum absolute atomic E-state index is 0.0703. The number of rotatable bonds is 4. The number of nitro groups is 1. The molecular weight excluding hydrogens is 266 g/mol. The molecule has 0 fully saturated rings. The Balaban J connectivity index is 3.44. The summed E-state index contributed by atoms with van der Waals surface area (Å²) in [4.78, 5) is 20.3. The molecule has 0 N–H and O–H groups in total. The highest BCUT2D eigenvalue weighted by molar-refractivity contribution is 6.39. The molecule has 0 amide bonds. The van der Waals surface area contributed by atoms with Crippen LogP contribution in [0.4, 0.5) is 5.69 Å². The summed E-state index contributed by atoms with van der Waals surface area (Å²) >= 11 is 17.0. The fourth-order valence-electron chi connectivity index (χ4n) is 1.15. The summed E-state index contributed by atoms with van der Waals surface area (Å²) in [6, 6.07) is -0.102. The number of carbonyl (C=O) groups is 1. The van der Waals surface area contributed by atoms with E-state index in [1.807, 2.05) is 0 Å². The number of aldehydes is 1. The lowest BCUT2D eigenvalue weighted by molar-refractivity contribution is -0.384. The highest BCUT2D eigenvalue weighted by Crippen LogP contribution is 2.38. The van der Waals surface area contributed by atoms with Gasteiger partial charge in [-0.05, 0) is 0 Å². The van der Waals surface area contributed by atoms with Gasteiger partial charge in [0.25, 0.3) is 0 Å². The first-order chi connectivity index (χ1) is 7.04. The van der Waals surface area contributed by atoms with Crippen LogP contribution in [-0.2, 0) is 17.2 Å². The van der Waals surface area contributed by atoms with Crippen molar-refractivity contribution in [3.63, 3.8) is 0 Å². The summed E-state index contributed by atoms with van der Waals surface area (Å²) in [5.74, 6) is 0. The first-order valence-corrected chi connectivity index (χ1v) is 5.04. The molecule has 1 aromatic heterocycles. The van der Waals surface area contributed by atoms with E-state index in [1.165, 1.54) is 4.57 Å². The van der Waals surface area contributed by atoms with Gasteiger partial charge < -0.3 is 9.36 Å². The van der Waals surface area contributed by atoms with Gasteiger partial charge in [-0.2, -0.15) is 0 Å². The van der Waals surface area contributed by atoms with Crippen LogP contribution >= 0.6 is 34.8 Å². The van der Waals surface area contributed by atoms with Gasteiger partial charge >= 0.3 is 5.69 Å². The molecular formula is C7H5Cl3N2O3. The monoisotopic (exact) mass is 270 g/mol. The van der Waals surface area contributed by atoms with E-state index < -0.39 is 10.6 Å². The third kappa shape index (κ3) is 2.09. The van der Waals surface area contributed by atoms with Crippen molar-refractivity contribution in [3.8, 4) is 0 Å². The molecule has 0 spiro atoms. The Morgan fingerprint density at radius 1 is 1.47 bits per heavy atom. The maximum atomic E-state index is 10.6. The van der Waals surface area contributed by atoms with Crippen molar-refractivity contribution in [3.05, 3.63) is 26.0 Å². The van der Waals surface area contributed by atoms with Crippen LogP contribution in [0, 0.1) is 10.1 Å². The average Bonchev–Trinajstić information content (AvgIpc) is 2.39. The van der Waals surface area contributed by atoms with Crippen LogP contribution in [0.5, 0.6) is 0 Å². The molecule has 0 unspecified atom stereocenters. The Bertz CT molecular complexity index is 416. The SMILES string of the molecule is O=CCc1c(Cl)c([N+](=O)[O-])c(Cl)n1CCl. The van der Waals surface area contributed by atoms with Crippen molar-refractivity contribution < 1.29 is 9.72 Å². The maximum absolute atomic E-state index is 10.6. The first kappa shape index (κ1) is 12.3. The van der Waals surface area contributed by atoms with E-state index in [1.54, 1.807) is 0 Å². The van der Waals surface area contributed by atoms with Gasteiger partial charge in [-0.3, -0.25) is 10.1 Å². The van der Waals surface area contributed by atoms with Crippen LogP contribution < -0.4 is 0 Å². The second kappa shape index (κ2) is 4.83. The van der Waals surface area contributed by atoms with E-state index in [9.17, 15) is 14.9 Å². The van der Waals surface area contributed by atoms with Crippen molar-refractivity contribution >= 4 is 46.8 Å². The summed E-state index contributed by atoms with van der Waals surface area (Å²) in [6.45, 7) is 0. The zero-order valence-electron chi connectivity index (χ0n) is 7.24. The van der Waals surface area contributed by atoms with Crippen molar-refractivity contribution in [2.24, 2.45) is 0 Å². The summed E-state index contributed by atoms with van der Waals surface area (Å²) in [6.07, 6.45) is 0.503. The highest BCUT2D eigenvalue weighted by Gasteiger charge is 2.28. The Hall–Kier alpha value is -0.780. The van der Waals surface area contributed by atoms with E-state index in [4.69, 9.17) is 34.8 Å². The lowest BCUT2D eigenvalue weighted by atomic mass is 10.3. The molecule has 5 nitrogen and oxygen atoms in total. The van der Waals surface area contributed by atoms with E-state index in [2.05, 4.69) is 0 Å². The second-order valence-electron chi connectivity index (χ2n) is 2.58.